The molecule has 0 saturated carbocycles. The second-order valence-corrected chi connectivity index (χ2v) is 7.28. The van der Waals surface area contributed by atoms with Gasteiger partial charge in [0.25, 0.3) is 7.82 Å². The summed E-state index contributed by atoms with van der Waals surface area (Å²) in [6.07, 6.45) is -2.53. The van der Waals surface area contributed by atoms with E-state index >= 15 is 0 Å². The van der Waals surface area contributed by atoms with Gasteiger partial charge in [-0.05, 0) is 0 Å². The molecule has 0 aromatic heterocycles. The minimum absolute atomic E-state index is 0.380. The van der Waals surface area contributed by atoms with E-state index < -0.39 is 63.6 Å². The van der Waals surface area contributed by atoms with E-state index in [4.69, 9.17) is 19.7 Å². The van der Waals surface area contributed by atoms with Crippen molar-refractivity contribution < 1.29 is 47.8 Å². The minimum atomic E-state index is -4.80. The van der Waals surface area contributed by atoms with Crippen molar-refractivity contribution in [2.75, 3.05) is 26.4 Å². The zero-order chi connectivity index (χ0) is 19.6. The average molecular weight is 385 g/mol. The summed E-state index contributed by atoms with van der Waals surface area (Å²) < 4.78 is 30.5. The number of phosphoric acid groups is 1. The SMILES string of the molecule is CC(C)C(=O)OCC(COP(=O)([O-])OCC(O)CO)OC(=O)C(C)C. The number of hydrogen-bond donors (Lipinski definition) is 2. The molecule has 0 bridgehead atoms. The van der Waals surface area contributed by atoms with Crippen molar-refractivity contribution in [3.63, 3.8) is 0 Å². The number of esters is 2. The van der Waals surface area contributed by atoms with Crippen LogP contribution in [0.25, 0.3) is 0 Å². The summed E-state index contributed by atoms with van der Waals surface area (Å²) in [6, 6.07) is 0. The first-order valence-electron chi connectivity index (χ1n) is 7.74. The van der Waals surface area contributed by atoms with Gasteiger partial charge in [-0.1, -0.05) is 27.7 Å². The molecule has 0 spiro atoms. The summed E-state index contributed by atoms with van der Waals surface area (Å²) in [5, 5.41) is 17.7. The Morgan fingerprint density at radius 1 is 1.00 bits per heavy atom. The molecule has 0 heterocycles. The Kier molecular flexibility index (Phi) is 11.1. The van der Waals surface area contributed by atoms with Crippen molar-refractivity contribution in [2.45, 2.75) is 39.9 Å². The van der Waals surface area contributed by atoms with Crippen molar-refractivity contribution in [1.29, 1.82) is 0 Å². The fourth-order valence-corrected chi connectivity index (χ4v) is 1.98. The van der Waals surface area contributed by atoms with Crippen LogP contribution in [0.1, 0.15) is 27.7 Å². The van der Waals surface area contributed by atoms with Crippen LogP contribution >= 0.6 is 7.82 Å². The van der Waals surface area contributed by atoms with E-state index in [0.717, 1.165) is 0 Å². The van der Waals surface area contributed by atoms with E-state index in [-0.39, 0.29) is 6.61 Å². The Morgan fingerprint density at radius 2 is 1.52 bits per heavy atom. The molecule has 0 aliphatic rings. The van der Waals surface area contributed by atoms with Crippen LogP contribution in [0.2, 0.25) is 0 Å². The molecule has 0 rings (SSSR count). The molecule has 0 aliphatic heterocycles. The Hall–Kier alpha value is -1.03. The molecule has 25 heavy (non-hydrogen) atoms. The third-order valence-corrected chi connectivity index (χ3v) is 3.62. The summed E-state index contributed by atoms with van der Waals surface area (Å²) in [4.78, 5) is 34.7. The smallest absolute Gasteiger partial charge is 0.308 e. The molecule has 0 amide bonds. The number of hydrogen-bond acceptors (Lipinski definition) is 10. The van der Waals surface area contributed by atoms with E-state index in [1.54, 1.807) is 27.7 Å². The lowest BCUT2D eigenvalue weighted by Gasteiger charge is -2.26. The molecule has 3 atom stereocenters. The standard InChI is InChI=1S/C14H27O10P/c1-9(2)13(17)21-7-12(24-14(18)10(3)4)8-23-25(19,20)22-6-11(16)5-15/h9-12,15-16H,5-8H2,1-4H3,(H,19,20)/p-1. The second kappa shape index (κ2) is 11.6. The highest BCUT2D eigenvalue weighted by Crippen LogP contribution is 2.38. The number of rotatable bonds is 12. The maximum atomic E-state index is 11.7. The molecule has 11 heteroatoms. The molecule has 10 nitrogen and oxygen atoms in total. The van der Waals surface area contributed by atoms with Gasteiger partial charge in [0.15, 0.2) is 6.10 Å². The van der Waals surface area contributed by atoms with Crippen LogP contribution in [0, 0.1) is 11.8 Å². The van der Waals surface area contributed by atoms with Crippen molar-refractivity contribution in [1.82, 2.24) is 0 Å². The molecule has 0 saturated heterocycles. The number of aliphatic hydroxyl groups excluding tert-OH is 2. The molecular formula is C14H26O10P-. The van der Waals surface area contributed by atoms with Crippen molar-refractivity contribution in [3.8, 4) is 0 Å². The molecule has 148 valence electrons. The van der Waals surface area contributed by atoms with E-state index in [0.29, 0.717) is 0 Å². The fraction of sp³-hybridized carbons (Fsp3) is 0.857. The molecule has 2 N–H and O–H groups in total. The Balaban J connectivity index is 4.66. The predicted octanol–water partition coefficient (Wildman–Crippen LogP) is -0.392. The highest BCUT2D eigenvalue weighted by atomic mass is 31.2. The van der Waals surface area contributed by atoms with E-state index in [9.17, 15) is 19.0 Å². The predicted molar refractivity (Wildman–Crippen MR) is 83.1 cm³/mol. The molecule has 0 aromatic carbocycles. The van der Waals surface area contributed by atoms with Gasteiger partial charge in [-0.2, -0.15) is 0 Å². The summed E-state index contributed by atoms with van der Waals surface area (Å²) in [5.41, 5.74) is 0. The van der Waals surface area contributed by atoms with E-state index in [1.807, 2.05) is 0 Å². The van der Waals surface area contributed by atoms with Gasteiger partial charge in [0.05, 0.1) is 31.7 Å². The number of carbonyl (C=O) groups excluding carboxylic acids is 2. The largest absolute Gasteiger partial charge is 0.756 e. The molecule has 0 fully saturated rings. The molecule has 0 aromatic rings. The third-order valence-electron chi connectivity index (χ3n) is 2.69. The molecule has 0 radical (unpaired) electrons. The number of ether oxygens (including phenoxy) is 2. The fourth-order valence-electron chi connectivity index (χ4n) is 1.20. The van der Waals surface area contributed by atoms with Gasteiger partial charge >= 0.3 is 11.9 Å². The van der Waals surface area contributed by atoms with Crippen LogP contribution in [0.4, 0.5) is 0 Å². The van der Waals surface area contributed by atoms with Crippen LogP contribution < -0.4 is 4.89 Å². The van der Waals surface area contributed by atoms with E-state index in [2.05, 4.69) is 9.05 Å². The van der Waals surface area contributed by atoms with Crippen molar-refractivity contribution in [2.24, 2.45) is 11.8 Å². The Labute approximate surface area is 146 Å². The number of aliphatic hydroxyl groups is 2. The van der Waals surface area contributed by atoms with Gasteiger partial charge in [-0.3, -0.25) is 14.2 Å². The van der Waals surface area contributed by atoms with Crippen molar-refractivity contribution in [3.05, 3.63) is 0 Å². The summed E-state index contributed by atoms with van der Waals surface area (Å²) in [7, 11) is -4.80. The summed E-state index contributed by atoms with van der Waals surface area (Å²) >= 11 is 0. The van der Waals surface area contributed by atoms with Crippen LogP contribution in [-0.4, -0.2) is 60.8 Å². The second-order valence-electron chi connectivity index (χ2n) is 5.87. The Morgan fingerprint density at radius 3 is 2.00 bits per heavy atom. The van der Waals surface area contributed by atoms with Crippen LogP contribution in [0.15, 0.2) is 0 Å². The first-order valence-corrected chi connectivity index (χ1v) is 9.20. The van der Waals surface area contributed by atoms with Crippen LogP contribution in [-0.2, 0) is 32.7 Å². The van der Waals surface area contributed by atoms with Gasteiger partial charge in [-0.15, -0.1) is 0 Å². The lowest BCUT2D eigenvalue weighted by Crippen LogP contribution is -2.32. The highest BCUT2D eigenvalue weighted by Gasteiger charge is 2.23. The molecule has 3 unspecified atom stereocenters. The Bertz CT molecular complexity index is 465. The quantitative estimate of drug-likeness (QED) is 0.335. The number of phosphoric ester groups is 1. The maximum absolute atomic E-state index is 11.7. The lowest BCUT2D eigenvalue weighted by atomic mass is 10.2. The first-order chi connectivity index (χ1) is 11.5. The van der Waals surface area contributed by atoms with Crippen LogP contribution in [0.3, 0.4) is 0 Å². The molecule has 0 aliphatic carbocycles. The van der Waals surface area contributed by atoms with E-state index in [1.165, 1.54) is 0 Å². The lowest BCUT2D eigenvalue weighted by molar-refractivity contribution is -0.230. The van der Waals surface area contributed by atoms with Crippen LogP contribution in [0.5, 0.6) is 0 Å². The monoisotopic (exact) mass is 385 g/mol. The number of carbonyl (C=O) groups is 2. The molecular weight excluding hydrogens is 359 g/mol. The minimum Gasteiger partial charge on any atom is -0.756 e. The van der Waals surface area contributed by atoms with Gasteiger partial charge in [0.1, 0.15) is 12.7 Å². The zero-order valence-corrected chi connectivity index (χ0v) is 15.6. The average Bonchev–Trinajstić information content (AvgIpc) is 2.54. The normalized spacial score (nSPS) is 16.4. The maximum Gasteiger partial charge on any atom is 0.308 e. The zero-order valence-electron chi connectivity index (χ0n) is 14.7. The van der Waals surface area contributed by atoms with Gasteiger partial charge in [0.2, 0.25) is 0 Å². The third kappa shape index (κ3) is 11.2. The van der Waals surface area contributed by atoms with Crippen molar-refractivity contribution >= 4 is 19.8 Å². The van der Waals surface area contributed by atoms with Gasteiger partial charge < -0.3 is 33.6 Å². The first kappa shape index (κ1) is 24.0. The van der Waals surface area contributed by atoms with Gasteiger partial charge in [-0.25, -0.2) is 0 Å². The van der Waals surface area contributed by atoms with Gasteiger partial charge in [0, 0.05) is 0 Å². The highest BCUT2D eigenvalue weighted by molar-refractivity contribution is 7.45. The summed E-state index contributed by atoms with van der Waals surface area (Å²) in [5.74, 6) is -2.04. The topological polar surface area (TPSA) is 152 Å². The summed E-state index contributed by atoms with van der Waals surface area (Å²) in [6.45, 7) is 4.02.